The summed E-state index contributed by atoms with van der Waals surface area (Å²) >= 11 is 0. The molecule has 0 amide bonds. The molecule has 0 nitrogen and oxygen atoms in total. The molecule has 0 spiro atoms. The molecule has 2 saturated carbocycles. The van der Waals surface area contributed by atoms with Gasteiger partial charge in [-0.05, 0) is 75.4 Å². The van der Waals surface area contributed by atoms with Crippen molar-refractivity contribution < 1.29 is 0 Å². The van der Waals surface area contributed by atoms with Crippen LogP contribution in [0.15, 0.2) is 12.2 Å². The van der Waals surface area contributed by atoms with Gasteiger partial charge in [0.15, 0.2) is 0 Å². The lowest BCUT2D eigenvalue weighted by Crippen LogP contribution is -2.13. The molecule has 0 unspecified atom stereocenters. The van der Waals surface area contributed by atoms with E-state index in [9.17, 15) is 0 Å². The molecule has 2 aliphatic rings. The zero-order chi connectivity index (χ0) is 19.9. The fourth-order valence-electron chi connectivity index (χ4n) is 5.05. The van der Waals surface area contributed by atoms with Crippen LogP contribution in [-0.4, -0.2) is 0 Å². The standard InChI is InChI=1S/C28H44/c1-3-5-6-7-10-14-27-21-23-28(24-22-27)16-12-9-8-11-15-26-19-17-25(13-4-2)18-20-26/h8-9,25-28H,3-7,10,13-14,17-24H2,1-2H3/b9-8+/t25-,26-,27-,28-. The maximum Gasteiger partial charge on any atom is 0.0206 e. The van der Waals surface area contributed by atoms with Gasteiger partial charge in [-0.1, -0.05) is 88.9 Å². The summed E-state index contributed by atoms with van der Waals surface area (Å²) in [6, 6.07) is 0. The van der Waals surface area contributed by atoms with E-state index in [2.05, 4.69) is 37.5 Å². The molecule has 0 heteroatoms. The number of allylic oxidation sites excluding steroid dienone is 2. The SMILES string of the molecule is CCCCCCC[C@H]1CC[C@H](C#C/C=C/C#C[C@H]2CC[C@H](CCC)CC2)CC1. The predicted molar refractivity (Wildman–Crippen MR) is 124 cm³/mol. The first-order valence-electron chi connectivity index (χ1n) is 12.5. The Hall–Kier alpha value is -1.14. The van der Waals surface area contributed by atoms with Gasteiger partial charge < -0.3 is 0 Å². The smallest absolute Gasteiger partial charge is 0.0206 e. The van der Waals surface area contributed by atoms with E-state index in [-0.39, 0.29) is 0 Å². The Bertz CT molecular complexity index is 530. The topological polar surface area (TPSA) is 0 Å². The van der Waals surface area contributed by atoms with Crippen molar-refractivity contribution in [1.82, 2.24) is 0 Å². The Balaban J connectivity index is 1.56. The van der Waals surface area contributed by atoms with Crippen molar-refractivity contribution in [1.29, 1.82) is 0 Å². The summed E-state index contributed by atoms with van der Waals surface area (Å²) < 4.78 is 0. The molecule has 0 aromatic carbocycles. The highest BCUT2D eigenvalue weighted by Crippen LogP contribution is 2.32. The first-order chi connectivity index (χ1) is 13.8. The molecule has 0 heterocycles. The molecule has 28 heavy (non-hydrogen) atoms. The maximum atomic E-state index is 3.48. The van der Waals surface area contributed by atoms with Gasteiger partial charge in [-0.3, -0.25) is 0 Å². The van der Waals surface area contributed by atoms with Crippen LogP contribution in [0.3, 0.4) is 0 Å². The lowest BCUT2D eigenvalue weighted by Gasteiger charge is -2.25. The molecule has 0 radical (unpaired) electrons. The van der Waals surface area contributed by atoms with Crippen LogP contribution < -0.4 is 0 Å². The van der Waals surface area contributed by atoms with E-state index >= 15 is 0 Å². The van der Waals surface area contributed by atoms with Crippen molar-refractivity contribution in [3.05, 3.63) is 12.2 Å². The molecule has 156 valence electrons. The number of hydrogen-bond acceptors (Lipinski definition) is 0. The summed E-state index contributed by atoms with van der Waals surface area (Å²) in [6.45, 7) is 4.60. The Labute approximate surface area is 176 Å². The van der Waals surface area contributed by atoms with Crippen LogP contribution in [0.1, 0.15) is 117 Å². The van der Waals surface area contributed by atoms with E-state index in [1.807, 2.05) is 12.2 Å². The summed E-state index contributed by atoms with van der Waals surface area (Å²) in [4.78, 5) is 0. The normalized spacial score (nSPS) is 27.6. The Morgan fingerprint density at radius 2 is 1.07 bits per heavy atom. The fourth-order valence-corrected chi connectivity index (χ4v) is 5.05. The second-order valence-corrected chi connectivity index (χ2v) is 9.34. The number of unbranched alkanes of at least 4 members (excludes halogenated alkanes) is 4. The highest BCUT2D eigenvalue weighted by Gasteiger charge is 2.19. The molecule has 0 saturated heterocycles. The highest BCUT2D eigenvalue weighted by atomic mass is 14.2. The van der Waals surface area contributed by atoms with Gasteiger partial charge in [-0.15, -0.1) is 0 Å². The monoisotopic (exact) mass is 380 g/mol. The van der Waals surface area contributed by atoms with Crippen molar-refractivity contribution in [2.75, 3.05) is 0 Å². The van der Waals surface area contributed by atoms with Crippen molar-refractivity contribution in [2.24, 2.45) is 23.7 Å². The summed E-state index contributed by atoms with van der Waals surface area (Å²) in [5.74, 6) is 16.7. The minimum absolute atomic E-state index is 0.628. The Morgan fingerprint density at radius 3 is 1.57 bits per heavy atom. The Kier molecular flexibility index (Phi) is 12.2. The van der Waals surface area contributed by atoms with E-state index in [4.69, 9.17) is 0 Å². The molecule has 0 atom stereocenters. The second kappa shape index (κ2) is 14.8. The third-order valence-electron chi connectivity index (χ3n) is 6.93. The Morgan fingerprint density at radius 1 is 0.571 bits per heavy atom. The molecule has 0 N–H and O–H groups in total. The molecule has 2 aliphatic carbocycles. The van der Waals surface area contributed by atoms with Gasteiger partial charge >= 0.3 is 0 Å². The van der Waals surface area contributed by atoms with Gasteiger partial charge in [0.1, 0.15) is 0 Å². The van der Waals surface area contributed by atoms with Crippen LogP contribution in [0.5, 0.6) is 0 Å². The average Bonchev–Trinajstić information content (AvgIpc) is 2.73. The second-order valence-electron chi connectivity index (χ2n) is 9.34. The fraction of sp³-hybridized carbons (Fsp3) is 0.786. The average molecular weight is 381 g/mol. The van der Waals surface area contributed by atoms with E-state index in [1.54, 1.807) is 0 Å². The van der Waals surface area contributed by atoms with Gasteiger partial charge in [-0.2, -0.15) is 0 Å². The molecule has 2 fully saturated rings. The quantitative estimate of drug-likeness (QED) is 0.293. The molecule has 0 bridgehead atoms. The molecular weight excluding hydrogens is 336 g/mol. The van der Waals surface area contributed by atoms with Crippen molar-refractivity contribution >= 4 is 0 Å². The zero-order valence-corrected chi connectivity index (χ0v) is 18.8. The van der Waals surface area contributed by atoms with Crippen LogP contribution in [0, 0.1) is 47.4 Å². The first-order valence-corrected chi connectivity index (χ1v) is 12.5. The van der Waals surface area contributed by atoms with Gasteiger partial charge in [0.25, 0.3) is 0 Å². The third-order valence-corrected chi connectivity index (χ3v) is 6.93. The number of rotatable bonds is 8. The van der Waals surface area contributed by atoms with Crippen LogP contribution in [0.4, 0.5) is 0 Å². The summed E-state index contributed by atoms with van der Waals surface area (Å²) in [7, 11) is 0. The number of hydrogen-bond donors (Lipinski definition) is 0. The van der Waals surface area contributed by atoms with Crippen molar-refractivity contribution in [3.8, 4) is 23.7 Å². The van der Waals surface area contributed by atoms with Gasteiger partial charge in [0, 0.05) is 11.8 Å². The van der Waals surface area contributed by atoms with E-state index in [0.717, 1.165) is 11.8 Å². The van der Waals surface area contributed by atoms with Crippen molar-refractivity contribution in [2.45, 2.75) is 117 Å². The lowest BCUT2D eigenvalue weighted by atomic mass is 9.80. The molecule has 0 aliphatic heterocycles. The lowest BCUT2D eigenvalue weighted by molar-refractivity contribution is 0.294. The summed E-state index contributed by atoms with van der Waals surface area (Å²) in [6.07, 6.45) is 26.1. The maximum absolute atomic E-state index is 3.48. The summed E-state index contributed by atoms with van der Waals surface area (Å²) in [5, 5.41) is 0. The van der Waals surface area contributed by atoms with Crippen LogP contribution in [-0.2, 0) is 0 Å². The van der Waals surface area contributed by atoms with Crippen LogP contribution in [0.25, 0.3) is 0 Å². The van der Waals surface area contributed by atoms with E-state index in [1.165, 1.54) is 103 Å². The summed E-state index contributed by atoms with van der Waals surface area (Å²) in [5.41, 5.74) is 0. The van der Waals surface area contributed by atoms with Gasteiger partial charge in [0.2, 0.25) is 0 Å². The van der Waals surface area contributed by atoms with Crippen LogP contribution >= 0.6 is 0 Å². The van der Waals surface area contributed by atoms with Gasteiger partial charge in [0.05, 0.1) is 0 Å². The van der Waals surface area contributed by atoms with E-state index < -0.39 is 0 Å². The first kappa shape index (κ1) is 23.1. The minimum Gasteiger partial charge on any atom is -0.0951 e. The predicted octanol–water partition coefficient (Wildman–Crippen LogP) is 8.32. The molecule has 2 rings (SSSR count). The minimum atomic E-state index is 0.628. The molecule has 0 aromatic heterocycles. The van der Waals surface area contributed by atoms with E-state index in [0.29, 0.717) is 11.8 Å². The van der Waals surface area contributed by atoms with Crippen molar-refractivity contribution in [3.63, 3.8) is 0 Å². The molecular formula is C28H44. The molecule has 0 aromatic rings. The van der Waals surface area contributed by atoms with Gasteiger partial charge in [-0.25, -0.2) is 0 Å². The third kappa shape index (κ3) is 9.87. The van der Waals surface area contributed by atoms with Crippen LogP contribution in [0.2, 0.25) is 0 Å². The highest BCUT2D eigenvalue weighted by molar-refractivity contribution is 5.26. The largest absolute Gasteiger partial charge is 0.0951 e. The zero-order valence-electron chi connectivity index (χ0n) is 18.8.